The summed E-state index contributed by atoms with van der Waals surface area (Å²) in [4.78, 5) is 6.63. The Morgan fingerprint density at radius 1 is 1.39 bits per heavy atom. The van der Waals surface area contributed by atoms with Crippen molar-refractivity contribution in [2.24, 2.45) is 7.05 Å². The van der Waals surface area contributed by atoms with Gasteiger partial charge >= 0.3 is 0 Å². The molecule has 1 unspecified atom stereocenters. The Bertz CT molecular complexity index is 550. The van der Waals surface area contributed by atoms with Crippen LogP contribution >= 0.6 is 0 Å². The predicted molar refractivity (Wildman–Crippen MR) is 73.4 cm³/mol. The number of imidazole rings is 1. The zero-order valence-corrected chi connectivity index (χ0v) is 11.8. The third-order valence-electron chi connectivity index (χ3n) is 3.48. The highest BCUT2D eigenvalue weighted by Gasteiger charge is 2.18. The molecule has 0 aromatic carbocycles. The van der Waals surface area contributed by atoms with Crippen LogP contribution in [0.25, 0.3) is 11.2 Å². The lowest BCUT2D eigenvalue weighted by Crippen LogP contribution is -2.29. The van der Waals surface area contributed by atoms with Gasteiger partial charge in [0.2, 0.25) is 5.95 Å². The number of aryl methyl sites for hydroxylation is 2. The molecule has 0 fully saturated rings. The van der Waals surface area contributed by atoms with Gasteiger partial charge < -0.3 is 10.6 Å². The fourth-order valence-corrected chi connectivity index (χ4v) is 2.10. The summed E-state index contributed by atoms with van der Waals surface area (Å²) >= 11 is 0. The molecule has 2 aromatic rings. The van der Waals surface area contributed by atoms with E-state index in [9.17, 15) is 0 Å². The molecule has 2 rings (SSSR count). The van der Waals surface area contributed by atoms with Gasteiger partial charge in [-0.3, -0.25) is 9.25 Å². The van der Waals surface area contributed by atoms with Gasteiger partial charge in [0.15, 0.2) is 5.65 Å². The quantitative estimate of drug-likeness (QED) is 0.874. The predicted octanol–water partition coefficient (Wildman–Crippen LogP) is 0.865. The smallest absolute Gasteiger partial charge is 0.202 e. The minimum Gasteiger partial charge on any atom is -0.369 e. The van der Waals surface area contributed by atoms with E-state index in [1.54, 1.807) is 0 Å². The maximum Gasteiger partial charge on any atom is 0.202 e. The van der Waals surface area contributed by atoms with Crippen molar-refractivity contribution in [3.8, 4) is 0 Å². The van der Waals surface area contributed by atoms with Crippen LogP contribution in [-0.2, 0) is 20.0 Å². The van der Waals surface area contributed by atoms with Crippen LogP contribution in [0, 0.1) is 0 Å². The number of nitrogens with two attached hydrogens (primary N) is 1. The number of nitrogen functional groups attached to an aromatic ring is 1. The number of fused-ring (bicyclic) bond motifs is 1. The molecule has 0 spiro atoms. The van der Waals surface area contributed by atoms with E-state index in [1.807, 2.05) is 16.3 Å². The van der Waals surface area contributed by atoms with E-state index in [4.69, 9.17) is 5.73 Å². The number of anilines is 1. The summed E-state index contributed by atoms with van der Waals surface area (Å²) in [5, 5.41) is 4.49. The van der Waals surface area contributed by atoms with Crippen molar-refractivity contribution in [2.75, 3.05) is 19.8 Å². The second-order valence-corrected chi connectivity index (χ2v) is 4.99. The van der Waals surface area contributed by atoms with Gasteiger partial charge in [0.05, 0.1) is 5.69 Å². The summed E-state index contributed by atoms with van der Waals surface area (Å²) in [5.74, 6) is 0.571. The van der Waals surface area contributed by atoms with Gasteiger partial charge in [-0.1, -0.05) is 6.92 Å². The molecule has 1 atom stereocenters. The van der Waals surface area contributed by atoms with E-state index >= 15 is 0 Å². The fourth-order valence-electron chi connectivity index (χ4n) is 2.10. The average Bonchev–Trinajstić information content (AvgIpc) is 2.78. The Morgan fingerprint density at radius 2 is 2.06 bits per heavy atom. The molecule has 0 aliphatic heterocycles. The van der Waals surface area contributed by atoms with E-state index < -0.39 is 0 Å². The first-order chi connectivity index (χ1) is 8.45. The summed E-state index contributed by atoms with van der Waals surface area (Å²) in [7, 11) is 6.07. The van der Waals surface area contributed by atoms with Gasteiger partial charge in [0, 0.05) is 19.6 Å². The Morgan fingerprint density at radius 3 is 2.61 bits per heavy atom. The molecule has 18 heavy (non-hydrogen) atoms. The Kier molecular flexibility index (Phi) is 3.30. The minimum absolute atomic E-state index is 0.393. The van der Waals surface area contributed by atoms with E-state index in [0.29, 0.717) is 12.0 Å². The molecule has 6 nitrogen and oxygen atoms in total. The van der Waals surface area contributed by atoms with E-state index in [-0.39, 0.29) is 0 Å². The Hall–Kier alpha value is -1.56. The number of hydrogen-bond acceptors (Lipinski definition) is 4. The van der Waals surface area contributed by atoms with Crippen molar-refractivity contribution in [2.45, 2.75) is 32.9 Å². The van der Waals surface area contributed by atoms with Gasteiger partial charge in [-0.15, -0.1) is 0 Å². The maximum atomic E-state index is 6.03. The highest BCUT2D eigenvalue weighted by Crippen LogP contribution is 2.21. The lowest BCUT2D eigenvalue weighted by molar-refractivity contribution is 0.286. The first kappa shape index (κ1) is 12.9. The molecule has 0 saturated carbocycles. The minimum atomic E-state index is 0.393. The highest BCUT2D eigenvalue weighted by molar-refractivity contribution is 5.77. The first-order valence-electron chi connectivity index (χ1n) is 6.29. The second-order valence-electron chi connectivity index (χ2n) is 4.99. The lowest BCUT2D eigenvalue weighted by Gasteiger charge is -2.20. The van der Waals surface area contributed by atoms with E-state index in [0.717, 1.165) is 29.8 Å². The molecule has 100 valence electrons. The van der Waals surface area contributed by atoms with Crippen LogP contribution in [0.5, 0.6) is 0 Å². The topological polar surface area (TPSA) is 64.9 Å². The number of rotatable bonds is 4. The molecule has 0 aliphatic rings. The third kappa shape index (κ3) is 1.96. The third-order valence-corrected chi connectivity index (χ3v) is 3.48. The lowest BCUT2D eigenvalue weighted by atomic mass is 10.3. The summed E-state index contributed by atoms with van der Waals surface area (Å²) in [6.07, 6.45) is 0.872. The van der Waals surface area contributed by atoms with Crippen molar-refractivity contribution in [1.29, 1.82) is 0 Å². The number of hydrogen-bond donors (Lipinski definition) is 1. The standard InChI is InChI=1S/C12H22N6/c1-6-9-10-11(17(5)15-9)18(12(13)14-10)7-8(2)16(3)4/h8H,6-7H2,1-5H3,(H2,13,14). The van der Waals surface area contributed by atoms with Crippen LogP contribution in [0.4, 0.5) is 5.95 Å². The van der Waals surface area contributed by atoms with Crippen molar-refractivity contribution in [1.82, 2.24) is 24.2 Å². The molecule has 0 bridgehead atoms. The van der Waals surface area contributed by atoms with Crippen LogP contribution in [0.2, 0.25) is 0 Å². The van der Waals surface area contributed by atoms with Gasteiger partial charge in [-0.25, -0.2) is 4.98 Å². The summed E-state index contributed by atoms with van der Waals surface area (Å²) in [5.41, 5.74) is 8.99. The Balaban J connectivity index is 2.50. The van der Waals surface area contributed by atoms with Crippen LogP contribution in [0.3, 0.4) is 0 Å². The molecular weight excluding hydrogens is 228 g/mol. The summed E-state index contributed by atoms with van der Waals surface area (Å²) in [6, 6.07) is 0.393. The van der Waals surface area contributed by atoms with Crippen LogP contribution in [0.15, 0.2) is 0 Å². The molecule has 0 amide bonds. The van der Waals surface area contributed by atoms with Gasteiger partial charge in [-0.05, 0) is 27.4 Å². The largest absolute Gasteiger partial charge is 0.369 e. The van der Waals surface area contributed by atoms with Crippen molar-refractivity contribution >= 4 is 17.1 Å². The maximum absolute atomic E-state index is 6.03. The van der Waals surface area contributed by atoms with Gasteiger partial charge in [0.25, 0.3) is 0 Å². The highest BCUT2D eigenvalue weighted by atomic mass is 15.4. The van der Waals surface area contributed by atoms with Crippen molar-refractivity contribution in [3.63, 3.8) is 0 Å². The van der Waals surface area contributed by atoms with E-state index in [1.165, 1.54) is 0 Å². The van der Waals surface area contributed by atoms with Crippen LogP contribution in [-0.4, -0.2) is 44.4 Å². The average molecular weight is 250 g/mol. The van der Waals surface area contributed by atoms with Crippen molar-refractivity contribution < 1.29 is 0 Å². The molecule has 2 aromatic heterocycles. The summed E-state index contributed by atoms with van der Waals surface area (Å²) in [6.45, 7) is 5.07. The fraction of sp³-hybridized carbons (Fsp3) is 0.667. The number of likely N-dealkylation sites (N-methyl/N-ethyl adjacent to an activating group) is 1. The van der Waals surface area contributed by atoms with Gasteiger partial charge in [0.1, 0.15) is 5.52 Å². The van der Waals surface area contributed by atoms with Gasteiger partial charge in [-0.2, -0.15) is 5.10 Å². The monoisotopic (exact) mass is 250 g/mol. The first-order valence-corrected chi connectivity index (χ1v) is 6.29. The van der Waals surface area contributed by atoms with E-state index in [2.05, 4.69) is 42.9 Å². The normalized spacial score (nSPS) is 13.7. The Labute approximate surface area is 107 Å². The summed E-state index contributed by atoms with van der Waals surface area (Å²) < 4.78 is 3.92. The zero-order valence-electron chi connectivity index (χ0n) is 11.8. The van der Waals surface area contributed by atoms with Crippen LogP contribution in [0.1, 0.15) is 19.5 Å². The molecule has 2 heterocycles. The van der Waals surface area contributed by atoms with Crippen LogP contribution < -0.4 is 5.73 Å². The second kappa shape index (κ2) is 4.61. The molecule has 0 aliphatic carbocycles. The molecule has 6 heteroatoms. The number of aromatic nitrogens is 4. The SMILES string of the molecule is CCc1nn(C)c2c1nc(N)n2CC(C)N(C)C. The zero-order chi connectivity index (χ0) is 13.4. The van der Waals surface area contributed by atoms with Crippen molar-refractivity contribution in [3.05, 3.63) is 5.69 Å². The number of nitrogens with zero attached hydrogens (tertiary/aromatic N) is 5. The molecule has 2 N–H and O–H groups in total. The molecule has 0 radical (unpaired) electrons. The molecular formula is C12H22N6. The molecule has 0 saturated heterocycles.